The second-order valence-corrected chi connectivity index (χ2v) is 8.96. The van der Waals surface area contributed by atoms with Gasteiger partial charge in [0.25, 0.3) is 0 Å². The monoisotopic (exact) mass is 344 g/mol. The zero-order valence-electron chi connectivity index (χ0n) is 16.6. The lowest BCUT2D eigenvalue weighted by Crippen LogP contribution is -2.48. The molecule has 0 aliphatic heterocycles. The fourth-order valence-electron chi connectivity index (χ4n) is 6.74. The molecule has 4 rings (SSSR count). The van der Waals surface area contributed by atoms with Crippen LogP contribution in [0.4, 0.5) is 0 Å². The van der Waals surface area contributed by atoms with Crippen LogP contribution < -0.4 is 0 Å². The van der Waals surface area contributed by atoms with Crippen molar-refractivity contribution in [2.24, 2.45) is 34.5 Å². The normalized spacial score (nSPS) is 44.8. The van der Waals surface area contributed by atoms with Crippen LogP contribution in [0, 0.1) is 34.5 Å². The maximum Gasteiger partial charge on any atom is 0.156 e. The molecular formula is C23H36O2. The second-order valence-electron chi connectivity index (χ2n) is 8.96. The third-order valence-electron chi connectivity index (χ3n) is 8.19. The van der Waals surface area contributed by atoms with Crippen LogP contribution in [-0.4, -0.2) is 17.5 Å². The van der Waals surface area contributed by atoms with Crippen molar-refractivity contribution in [3.05, 3.63) is 23.8 Å². The maximum atomic E-state index is 11.8. The molecule has 1 N–H and O–H groups in total. The molecule has 2 fully saturated rings. The number of ketones is 1. The van der Waals surface area contributed by atoms with E-state index in [-0.39, 0.29) is 5.41 Å². The van der Waals surface area contributed by atoms with Gasteiger partial charge in [-0.1, -0.05) is 39.8 Å². The van der Waals surface area contributed by atoms with Gasteiger partial charge in [0.15, 0.2) is 5.78 Å². The summed E-state index contributed by atoms with van der Waals surface area (Å²) in [5, 5.41) is 9.43. The quantitative estimate of drug-likeness (QED) is 0.736. The summed E-state index contributed by atoms with van der Waals surface area (Å²) in [4.78, 5) is 11.8. The van der Waals surface area contributed by atoms with Crippen LogP contribution in [0.1, 0.15) is 72.6 Å². The Kier molecular flexibility index (Phi) is 5.31. The molecule has 4 aliphatic rings. The molecule has 3 unspecified atom stereocenters. The number of carbonyl (C=O) groups excluding carboxylic acids is 1. The standard InChI is InChI=1S/C21H30O2.C2H6/c1-20-11-8-19-17(18(20)6-4-14(20)9-12-22)5-3-15-13-16(23)7-10-21(15,19)2;1-2/h3,5,13-14,17-19,22H,4,6-12H2,1-2H3;1-2H3/t14-,17?,18?,19?,20-,21+;/m1./s1. The molecule has 0 saturated heterocycles. The molecule has 0 amide bonds. The SMILES string of the molecule is CC.C[C@]12CCC(=O)C=C1C=CC1C2CC[C@@]2(C)C1CC[C@@H]2CCO. The summed E-state index contributed by atoms with van der Waals surface area (Å²) in [5.74, 6) is 3.16. The predicted molar refractivity (Wildman–Crippen MR) is 103 cm³/mol. The minimum Gasteiger partial charge on any atom is -0.396 e. The van der Waals surface area contributed by atoms with Crippen LogP contribution in [0.25, 0.3) is 0 Å². The molecule has 2 saturated carbocycles. The largest absolute Gasteiger partial charge is 0.396 e. The maximum absolute atomic E-state index is 11.8. The van der Waals surface area contributed by atoms with E-state index in [1.54, 1.807) is 0 Å². The van der Waals surface area contributed by atoms with Crippen molar-refractivity contribution in [2.45, 2.75) is 72.6 Å². The van der Waals surface area contributed by atoms with Gasteiger partial charge >= 0.3 is 0 Å². The number of rotatable bonds is 2. The first-order valence-corrected chi connectivity index (χ1v) is 10.5. The van der Waals surface area contributed by atoms with E-state index in [2.05, 4.69) is 26.0 Å². The molecule has 6 atom stereocenters. The van der Waals surface area contributed by atoms with Crippen LogP contribution in [0.3, 0.4) is 0 Å². The van der Waals surface area contributed by atoms with Crippen molar-refractivity contribution in [2.75, 3.05) is 6.61 Å². The molecule has 0 spiro atoms. The van der Waals surface area contributed by atoms with E-state index < -0.39 is 0 Å². The summed E-state index contributed by atoms with van der Waals surface area (Å²) in [6, 6.07) is 0. The Balaban J connectivity index is 0.000000880. The van der Waals surface area contributed by atoms with Crippen LogP contribution >= 0.6 is 0 Å². The molecular weight excluding hydrogens is 308 g/mol. The van der Waals surface area contributed by atoms with Gasteiger partial charge in [0.05, 0.1) is 0 Å². The van der Waals surface area contributed by atoms with Gasteiger partial charge in [0.2, 0.25) is 0 Å². The Hall–Kier alpha value is -0.890. The minimum atomic E-state index is 0.212. The van der Waals surface area contributed by atoms with Gasteiger partial charge in [-0.05, 0) is 84.7 Å². The van der Waals surface area contributed by atoms with E-state index in [0.717, 1.165) is 25.2 Å². The number of allylic oxidation sites excluding steroid dienone is 4. The lowest BCUT2D eigenvalue weighted by molar-refractivity contribution is -0.116. The molecule has 0 aromatic rings. The average Bonchev–Trinajstić information content (AvgIpc) is 2.94. The Morgan fingerprint density at radius 1 is 1.12 bits per heavy atom. The summed E-state index contributed by atoms with van der Waals surface area (Å²) in [7, 11) is 0. The third-order valence-corrected chi connectivity index (χ3v) is 8.19. The highest BCUT2D eigenvalue weighted by molar-refractivity contribution is 5.92. The third kappa shape index (κ3) is 2.85. The first kappa shape index (κ1) is 18.9. The van der Waals surface area contributed by atoms with Crippen LogP contribution in [0.2, 0.25) is 0 Å². The van der Waals surface area contributed by atoms with Gasteiger partial charge in [-0.15, -0.1) is 0 Å². The zero-order chi connectivity index (χ0) is 18.2. The Labute approximate surface area is 153 Å². The second kappa shape index (κ2) is 7.02. The van der Waals surface area contributed by atoms with Gasteiger partial charge < -0.3 is 5.11 Å². The number of carbonyl (C=O) groups is 1. The van der Waals surface area contributed by atoms with E-state index in [9.17, 15) is 9.90 Å². The van der Waals surface area contributed by atoms with Crippen LogP contribution in [0.15, 0.2) is 23.8 Å². The molecule has 4 aliphatic carbocycles. The number of hydrogen-bond acceptors (Lipinski definition) is 2. The fraction of sp³-hybridized carbons (Fsp3) is 0.783. The van der Waals surface area contributed by atoms with Crippen molar-refractivity contribution in [3.8, 4) is 0 Å². The minimum absolute atomic E-state index is 0.212. The molecule has 2 heteroatoms. The number of hydrogen-bond donors (Lipinski definition) is 1. The highest BCUT2D eigenvalue weighted by Crippen LogP contribution is 2.65. The Morgan fingerprint density at radius 3 is 2.60 bits per heavy atom. The fourth-order valence-corrected chi connectivity index (χ4v) is 6.74. The van der Waals surface area contributed by atoms with Gasteiger partial charge in [-0.3, -0.25) is 4.79 Å². The first-order valence-electron chi connectivity index (χ1n) is 10.5. The van der Waals surface area contributed by atoms with Crippen molar-refractivity contribution in [1.29, 1.82) is 0 Å². The summed E-state index contributed by atoms with van der Waals surface area (Å²) < 4.78 is 0. The molecule has 2 nitrogen and oxygen atoms in total. The molecule has 0 aromatic heterocycles. The van der Waals surface area contributed by atoms with Gasteiger partial charge in [0.1, 0.15) is 0 Å². The summed E-state index contributed by atoms with van der Waals surface area (Å²) in [6.45, 7) is 9.24. The van der Waals surface area contributed by atoms with E-state index in [4.69, 9.17) is 0 Å². The molecule has 140 valence electrons. The highest BCUT2D eigenvalue weighted by atomic mass is 16.3. The lowest BCUT2D eigenvalue weighted by atomic mass is 9.48. The number of aliphatic hydroxyl groups excluding tert-OH is 1. The zero-order valence-corrected chi connectivity index (χ0v) is 16.6. The molecule has 0 heterocycles. The van der Waals surface area contributed by atoms with E-state index in [1.165, 1.54) is 31.3 Å². The van der Waals surface area contributed by atoms with E-state index >= 15 is 0 Å². The molecule has 0 radical (unpaired) electrons. The number of aliphatic hydroxyl groups is 1. The molecule has 0 aromatic carbocycles. The smallest absolute Gasteiger partial charge is 0.156 e. The van der Waals surface area contributed by atoms with Crippen molar-refractivity contribution >= 4 is 5.78 Å². The summed E-state index contributed by atoms with van der Waals surface area (Å²) in [6.07, 6.45) is 14.6. The summed E-state index contributed by atoms with van der Waals surface area (Å²) >= 11 is 0. The van der Waals surface area contributed by atoms with Crippen LogP contribution in [0.5, 0.6) is 0 Å². The van der Waals surface area contributed by atoms with E-state index in [1.807, 2.05) is 19.9 Å². The van der Waals surface area contributed by atoms with Crippen molar-refractivity contribution in [1.82, 2.24) is 0 Å². The average molecular weight is 345 g/mol. The van der Waals surface area contributed by atoms with Crippen LogP contribution in [-0.2, 0) is 4.79 Å². The highest BCUT2D eigenvalue weighted by Gasteiger charge is 2.57. The number of fused-ring (bicyclic) bond motifs is 5. The Morgan fingerprint density at radius 2 is 1.88 bits per heavy atom. The first-order chi connectivity index (χ1) is 12.0. The van der Waals surface area contributed by atoms with E-state index in [0.29, 0.717) is 35.6 Å². The topological polar surface area (TPSA) is 37.3 Å². The predicted octanol–water partition coefficient (Wildman–Crippen LogP) is 5.32. The van der Waals surface area contributed by atoms with Crippen molar-refractivity contribution < 1.29 is 9.90 Å². The van der Waals surface area contributed by atoms with Crippen molar-refractivity contribution in [3.63, 3.8) is 0 Å². The molecule has 25 heavy (non-hydrogen) atoms. The lowest BCUT2D eigenvalue weighted by Gasteiger charge is -2.56. The van der Waals surface area contributed by atoms with Gasteiger partial charge in [-0.25, -0.2) is 0 Å². The molecule has 0 bridgehead atoms. The van der Waals surface area contributed by atoms with Gasteiger partial charge in [0, 0.05) is 13.0 Å². The van der Waals surface area contributed by atoms with Gasteiger partial charge in [-0.2, -0.15) is 0 Å². The Bertz CT molecular complexity index is 575. The summed E-state index contributed by atoms with van der Waals surface area (Å²) in [5.41, 5.74) is 1.92.